The molecule has 1 aliphatic carbocycles. The van der Waals surface area contributed by atoms with Gasteiger partial charge >= 0.3 is 5.97 Å². The molecular weight excluding hydrogens is 240 g/mol. The van der Waals surface area contributed by atoms with Gasteiger partial charge in [0.25, 0.3) is 0 Å². The molecule has 1 aromatic carbocycles. The van der Waals surface area contributed by atoms with Crippen molar-refractivity contribution in [2.75, 3.05) is 17.6 Å². The van der Waals surface area contributed by atoms with Gasteiger partial charge in [-0.2, -0.15) is 0 Å². The van der Waals surface area contributed by atoms with Crippen LogP contribution in [-0.4, -0.2) is 17.6 Å². The molecule has 1 aliphatic rings. The van der Waals surface area contributed by atoms with Crippen molar-refractivity contribution < 1.29 is 9.90 Å². The molecular formula is C15H22N2O2. The van der Waals surface area contributed by atoms with Crippen molar-refractivity contribution in [2.24, 2.45) is 5.41 Å². The number of nitrogen functional groups attached to an aromatic ring is 1. The quantitative estimate of drug-likeness (QED) is 0.711. The first kappa shape index (κ1) is 13.7. The topological polar surface area (TPSA) is 75.3 Å². The summed E-state index contributed by atoms with van der Waals surface area (Å²) < 4.78 is 0. The number of hydrogen-bond acceptors (Lipinski definition) is 3. The van der Waals surface area contributed by atoms with Gasteiger partial charge in [0.05, 0.1) is 16.9 Å². The fraction of sp³-hybridized carbons (Fsp3) is 0.533. The highest BCUT2D eigenvalue weighted by Gasteiger charge is 2.31. The van der Waals surface area contributed by atoms with Gasteiger partial charge < -0.3 is 16.2 Å². The van der Waals surface area contributed by atoms with Gasteiger partial charge in [0.2, 0.25) is 0 Å². The van der Waals surface area contributed by atoms with Gasteiger partial charge in [0.1, 0.15) is 0 Å². The Bertz CT molecular complexity index is 465. The Morgan fingerprint density at radius 2 is 2.11 bits per heavy atom. The van der Waals surface area contributed by atoms with E-state index in [0.717, 1.165) is 12.2 Å². The lowest BCUT2D eigenvalue weighted by Gasteiger charge is -2.28. The SMILES string of the molecule is CCC1(CNc2ccc(C(=O)O)cc2N)CCCC1. The van der Waals surface area contributed by atoms with Crippen LogP contribution in [0.1, 0.15) is 49.4 Å². The standard InChI is InChI=1S/C15H22N2O2/c1-2-15(7-3-4-8-15)10-17-13-6-5-11(14(18)19)9-12(13)16/h5-6,9,17H,2-4,7-8,10,16H2,1H3,(H,18,19). The van der Waals surface area contributed by atoms with Crippen LogP contribution in [-0.2, 0) is 0 Å². The highest BCUT2D eigenvalue weighted by Crippen LogP contribution is 2.41. The fourth-order valence-electron chi connectivity index (χ4n) is 2.92. The molecule has 0 bridgehead atoms. The second-order valence-electron chi connectivity index (χ2n) is 5.52. The van der Waals surface area contributed by atoms with E-state index < -0.39 is 5.97 Å². The lowest BCUT2D eigenvalue weighted by Crippen LogP contribution is -2.26. The summed E-state index contributed by atoms with van der Waals surface area (Å²) in [7, 11) is 0. The lowest BCUT2D eigenvalue weighted by molar-refractivity contribution is 0.0697. The van der Waals surface area contributed by atoms with Crippen LogP contribution >= 0.6 is 0 Å². The molecule has 0 amide bonds. The van der Waals surface area contributed by atoms with E-state index >= 15 is 0 Å². The molecule has 0 spiro atoms. The first-order chi connectivity index (χ1) is 9.06. The predicted molar refractivity (Wildman–Crippen MR) is 77.5 cm³/mol. The largest absolute Gasteiger partial charge is 0.478 e. The van der Waals surface area contributed by atoms with Crippen LogP contribution in [0.25, 0.3) is 0 Å². The Kier molecular flexibility index (Phi) is 3.98. The molecule has 0 unspecified atom stereocenters. The third-order valence-corrected chi connectivity index (χ3v) is 4.37. The number of carbonyl (C=O) groups is 1. The van der Waals surface area contributed by atoms with Crippen LogP contribution in [0.3, 0.4) is 0 Å². The molecule has 0 atom stereocenters. The number of hydrogen-bond donors (Lipinski definition) is 3. The molecule has 0 saturated heterocycles. The van der Waals surface area contributed by atoms with Crippen LogP contribution in [0.5, 0.6) is 0 Å². The van der Waals surface area contributed by atoms with E-state index in [1.165, 1.54) is 38.2 Å². The van der Waals surface area contributed by atoms with Crippen LogP contribution in [0.15, 0.2) is 18.2 Å². The summed E-state index contributed by atoms with van der Waals surface area (Å²) in [5.41, 5.74) is 7.86. The number of benzene rings is 1. The molecule has 0 aromatic heterocycles. The molecule has 2 rings (SSSR count). The average molecular weight is 262 g/mol. The number of carboxylic acids is 1. The molecule has 4 nitrogen and oxygen atoms in total. The molecule has 0 heterocycles. The number of nitrogens with two attached hydrogens (primary N) is 1. The molecule has 1 aromatic rings. The Morgan fingerprint density at radius 3 is 2.63 bits per heavy atom. The number of carboxylic acid groups (broad SMARTS) is 1. The van der Waals surface area contributed by atoms with Crippen molar-refractivity contribution in [1.29, 1.82) is 0 Å². The average Bonchev–Trinajstić information content (AvgIpc) is 2.86. The molecule has 4 heteroatoms. The Labute approximate surface area is 114 Å². The van der Waals surface area contributed by atoms with Gasteiger partial charge in [-0.15, -0.1) is 0 Å². The van der Waals surface area contributed by atoms with Crippen molar-refractivity contribution in [3.8, 4) is 0 Å². The Balaban J connectivity index is 2.05. The van der Waals surface area contributed by atoms with Gasteiger partial charge in [-0.1, -0.05) is 19.8 Å². The summed E-state index contributed by atoms with van der Waals surface area (Å²) in [5, 5.41) is 12.3. The van der Waals surface area contributed by atoms with Gasteiger partial charge in [-0.3, -0.25) is 0 Å². The third kappa shape index (κ3) is 3.00. The molecule has 1 saturated carbocycles. The maximum absolute atomic E-state index is 10.9. The van der Waals surface area contributed by atoms with E-state index in [0.29, 0.717) is 11.1 Å². The van der Waals surface area contributed by atoms with E-state index in [1.54, 1.807) is 12.1 Å². The highest BCUT2D eigenvalue weighted by molar-refractivity contribution is 5.90. The van der Waals surface area contributed by atoms with Gasteiger partial charge in [-0.05, 0) is 42.9 Å². The molecule has 4 N–H and O–H groups in total. The molecule has 0 aliphatic heterocycles. The normalized spacial score (nSPS) is 17.3. The summed E-state index contributed by atoms with van der Waals surface area (Å²) in [4.78, 5) is 10.9. The smallest absolute Gasteiger partial charge is 0.335 e. The number of aromatic carboxylic acids is 1. The molecule has 1 fully saturated rings. The van der Waals surface area contributed by atoms with Gasteiger partial charge in [-0.25, -0.2) is 4.79 Å². The fourth-order valence-corrected chi connectivity index (χ4v) is 2.92. The van der Waals surface area contributed by atoms with Crippen molar-refractivity contribution >= 4 is 17.3 Å². The van der Waals surface area contributed by atoms with E-state index in [2.05, 4.69) is 12.2 Å². The maximum Gasteiger partial charge on any atom is 0.335 e. The minimum absolute atomic E-state index is 0.231. The zero-order valence-corrected chi connectivity index (χ0v) is 11.4. The Morgan fingerprint density at radius 1 is 1.42 bits per heavy atom. The van der Waals surface area contributed by atoms with Gasteiger partial charge in [0.15, 0.2) is 0 Å². The summed E-state index contributed by atoms with van der Waals surface area (Å²) in [6.45, 7) is 3.16. The number of anilines is 2. The highest BCUT2D eigenvalue weighted by atomic mass is 16.4. The van der Waals surface area contributed by atoms with E-state index in [9.17, 15) is 4.79 Å². The molecule has 0 radical (unpaired) electrons. The maximum atomic E-state index is 10.9. The van der Waals surface area contributed by atoms with E-state index in [1.807, 2.05) is 0 Å². The summed E-state index contributed by atoms with van der Waals surface area (Å²) in [6, 6.07) is 4.86. The third-order valence-electron chi connectivity index (χ3n) is 4.37. The minimum atomic E-state index is -0.945. The number of rotatable bonds is 5. The zero-order valence-electron chi connectivity index (χ0n) is 11.4. The summed E-state index contributed by atoms with van der Waals surface area (Å²) in [5.74, 6) is -0.945. The van der Waals surface area contributed by atoms with Crippen molar-refractivity contribution in [1.82, 2.24) is 0 Å². The van der Waals surface area contributed by atoms with E-state index in [-0.39, 0.29) is 5.56 Å². The van der Waals surface area contributed by atoms with Crippen LogP contribution in [0.4, 0.5) is 11.4 Å². The second-order valence-corrected chi connectivity index (χ2v) is 5.52. The van der Waals surface area contributed by atoms with Crippen LogP contribution in [0, 0.1) is 5.41 Å². The zero-order chi connectivity index (χ0) is 13.9. The lowest BCUT2D eigenvalue weighted by atomic mass is 9.83. The summed E-state index contributed by atoms with van der Waals surface area (Å²) >= 11 is 0. The molecule has 19 heavy (non-hydrogen) atoms. The van der Waals surface area contributed by atoms with Crippen molar-refractivity contribution in [3.05, 3.63) is 23.8 Å². The summed E-state index contributed by atoms with van der Waals surface area (Å²) in [6.07, 6.45) is 6.33. The van der Waals surface area contributed by atoms with Gasteiger partial charge in [0, 0.05) is 6.54 Å². The van der Waals surface area contributed by atoms with Crippen LogP contribution in [0.2, 0.25) is 0 Å². The minimum Gasteiger partial charge on any atom is -0.478 e. The predicted octanol–water partition coefficient (Wildman–Crippen LogP) is 3.35. The molecule has 104 valence electrons. The van der Waals surface area contributed by atoms with Crippen molar-refractivity contribution in [2.45, 2.75) is 39.0 Å². The van der Waals surface area contributed by atoms with Crippen LogP contribution < -0.4 is 11.1 Å². The first-order valence-corrected chi connectivity index (χ1v) is 6.93. The van der Waals surface area contributed by atoms with E-state index in [4.69, 9.17) is 10.8 Å². The Hall–Kier alpha value is -1.71. The first-order valence-electron chi connectivity index (χ1n) is 6.93. The van der Waals surface area contributed by atoms with Crippen molar-refractivity contribution in [3.63, 3.8) is 0 Å². The monoisotopic (exact) mass is 262 g/mol. The second kappa shape index (κ2) is 5.51. The number of nitrogens with one attached hydrogen (secondary N) is 1.